The van der Waals surface area contributed by atoms with E-state index in [9.17, 15) is 18.0 Å². The third kappa shape index (κ3) is 6.41. The summed E-state index contributed by atoms with van der Waals surface area (Å²) in [5, 5.41) is 0. The molecule has 0 unspecified atom stereocenters. The highest BCUT2D eigenvalue weighted by Crippen LogP contribution is 2.32. The average molecular weight is 520 g/mol. The van der Waals surface area contributed by atoms with Crippen LogP contribution in [-0.4, -0.2) is 81.7 Å². The number of carbonyl (C=O) groups is 1. The summed E-state index contributed by atoms with van der Waals surface area (Å²) in [5.41, 5.74) is 3.06. The molecule has 3 heterocycles. The number of carbonyl (C=O) groups excluding carboxylic acids is 1. The second kappa shape index (κ2) is 11.3. The monoisotopic (exact) mass is 519 g/mol. The smallest absolute Gasteiger partial charge is 0.406 e. The van der Waals surface area contributed by atoms with Crippen molar-refractivity contribution in [2.75, 3.05) is 32.7 Å². The van der Waals surface area contributed by atoms with Crippen molar-refractivity contribution in [2.24, 2.45) is 0 Å². The van der Waals surface area contributed by atoms with Gasteiger partial charge in [-0.2, -0.15) is 0 Å². The van der Waals surface area contributed by atoms with Crippen LogP contribution in [-0.2, 0) is 0 Å². The first-order valence-corrected chi connectivity index (χ1v) is 13.0. The molecule has 37 heavy (non-hydrogen) atoms. The minimum absolute atomic E-state index is 0.0182. The van der Waals surface area contributed by atoms with Gasteiger partial charge in [-0.15, -0.1) is 13.2 Å². The molecule has 4 rings (SSSR count). The second-order valence-corrected chi connectivity index (χ2v) is 10.1. The van der Waals surface area contributed by atoms with E-state index in [1.54, 1.807) is 12.1 Å². The fourth-order valence-electron chi connectivity index (χ4n) is 5.84. The zero-order valence-electron chi connectivity index (χ0n) is 22.0. The van der Waals surface area contributed by atoms with Crippen molar-refractivity contribution in [1.29, 1.82) is 0 Å². The first-order valence-electron chi connectivity index (χ1n) is 13.0. The van der Waals surface area contributed by atoms with E-state index in [0.717, 1.165) is 68.9 Å². The van der Waals surface area contributed by atoms with E-state index < -0.39 is 6.36 Å². The molecule has 0 N–H and O–H groups in total. The number of aromatic nitrogens is 2. The summed E-state index contributed by atoms with van der Waals surface area (Å²) in [6, 6.07) is 7.14. The van der Waals surface area contributed by atoms with Crippen LogP contribution in [0.3, 0.4) is 0 Å². The largest absolute Gasteiger partial charge is 0.573 e. The molecule has 0 radical (unpaired) electrons. The SMILES string of the molecule is CC[C@@H](c1ccc(OC(F)(F)F)cc1)N1CCN(C2CCN(C(=O)c3c(C)ncnc3C)CC2)C[C@@H]1C. The number of aryl methyl sites for hydroxylation is 2. The van der Waals surface area contributed by atoms with Crippen LogP contribution in [0, 0.1) is 13.8 Å². The quantitative estimate of drug-likeness (QED) is 0.549. The first-order chi connectivity index (χ1) is 17.6. The minimum Gasteiger partial charge on any atom is -0.406 e. The fourth-order valence-corrected chi connectivity index (χ4v) is 5.84. The number of ether oxygens (including phenoxy) is 1. The van der Waals surface area contributed by atoms with Crippen molar-refractivity contribution in [3.63, 3.8) is 0 Å². The van der Waals surface area contributed by atoms with Gasteiger partial charge in [0.2, 0.25) is 0 Å². The molecule has 0 saturated carbocycles. The van der Waals surface area contributed by atoms with Crippen LogP contribution in [0.5, 0.6) is 5.75 Å². The van der Waals surface area contributed by atoms with Gasteiger partial charge in [0.15, 0.2) is 0 Å². The van der Waals surface area contributed by atoms with Gasteiger partial charge in [0.05, 0.1) is 17.0 Å². The molecule has 0 spiro atoms. The fraction of sp³-hybridized carbons (Fsp3) is 0.593. The number of amides is 1. The van der Waals surface area contributed by atoms with Crippen LogP contribution in [0.1, 0.15) is 66.5 Å². The summed E-state index contributed by atoms with van der Waals surface area (Å²) in [7, 11) is 0. The number of hydrogen-bond acceptors (Lipinski definition) is 6. The van der Waals surface area contributed by atoms with Gasteiger partial charge < -0.3 is 9.64 Å². The molecular formula is C27H36F3N5O2. The van der Waals surface area contributed by atoms with E-state index >= 15 is 0 Å². The van der Waals surface area contributed by atoms with Gasteiger partial charge in [0, 0.05) is 50.8 Å². The Balaban J connectivity index is 1.33. The van der Waals surface area contributed by atoms with E-state index in [-0.39, 0.29) is 17.7 Å². The number of hydrogen-bond donors (Lipinski definition) is 0. The zero-order valence-corrected chi connectivity index (χ0v) is 22.0. The van der Waals surface area contributed by atoms with Gasteiger partial charge in [-0.05, 0) is 57.7 Å². The third-order valence-electron chi connectivity index (χ3n) is 7.70. The Morgan fingerprint density at radius 2 is 1.68 bits per heavy atom. The van der Waals surface area contributed by atoms with Crippen LogP contribution in [0.15, 0.2) is 30.6 Å². The number of benzene rings is 1. The molecule has 2 atom stereocenters. The van der Waals surface area contributed by atoms with Gasteiger partial charge in [-0.1, -0.05) is 19.1 Å². The van der Waals surface area contributed by atoms with E-state index in [2.05, 4.69) is 38.4 Å². The maximum Gasteiger partial charge on any atom is 0.573 e. The lowest BCUT2D eigenvalue weighted by atomic mass is 9.96. The Bertz CT molecular complexity index is 1050. The highest BCUT2D eigenvalue weighted by Gasteiger charge is 2.35. The molecule has 2 aliphatic heterocycles. The van der Waals surface area contributed by atoms with Crippen LogP contribution >= 0.6 is 0 Å². The number of nitrogens with zero attached hydrogens (tertiary/aromatic N) is 5. The molecule has 0 aliphatic carbocycles. The van der Waals surface area contributed by atoms with Gasteiger partial charge in [-0.25, -0.2) is 9.97 Å². The van der Waals surface area contributed by atoms with Crippen molar-refractivity contribution in [1.82, 2.24) is 24.7 Å². The van der Waals surface area contributed by atoms with Gasteiger partial charge >= 0.3 is 6.36 Å². The Hall–Kier alpha value is -2.72. The Morgan fingerprint density at radius 1 is 1.05 bits per heavy atom. The highest BCUT2D eigenvalue weighted by atomic mass is 19.4. The van der Waals surface area contributed by atoms with Gasteiger partial charge in [0.1, 0.15) is 12.1 Å². The minimum atomic E-state index is -4.69. The standard InChI is InChI=1S/C27H36F3N5O2/c1-5-24(21-6-8-23(9-7-21)37-27(28,29)30)35-15-14-34(16-18(35)2)22-10-12-33(13-11-22)26(36)25-19(3)31-17-32-20(25)4/h6-9,17-18,22,24H,5,10-16H2,1-4H3/t18-,24-/m0/s1. The lowest BCUT2D eigenvalue weighted by Gasteiger charge is -2.48. The Morgan fingerprint density at radius 3 is 2.22 bits per heavy atom. The topological polar surface area (TPSA) is 61.8 Å². The van der Waals surface area contributed by atoms with Crippen LogP contribution in [0.25, 0.3) is 0 Å². The predicted octanol–water partition coefficient (Wildman–Crippen LogP) is 4.75. The Kier molecular flexibility index (Phi) is 8.38. The van der Waals surface area contributed by atoms with Crippen molar-refractivity contribution in [3.05, 3.63) is 53.1 Å². The van der Waals surface area contributed by atoms with E-state index in [1.807, 2.05) is 18.7 Å². The molecule has 7 nitrogen and oxygen atoms in total. The first kappa shape index (κ1) is 27.3. The summed E-state index contributed by atoms with van der Waals surface area (Å²) < 4.78 is 41.6. The summed E-state index contributed by atoms with van der Waals surface area (Å²) >= 11 is 0. The normalized spacial score (nSPS) is 21.2. The summed E-state index contributed by atoms with van der Waals surface area (Å²) in [6.07, 6.45) is -0.459. The number of piperazine rings is 1. The molecule has 1 amide bonds. The van der Waals surface area contributed by atoms with E-state index in [4.69, 9.17) is 0 Å². The Labute approximate surface area is 216 Å². The lowest BCUT2D eigenvalue weighted by molar-refractivity contribution is -0.274. The maximum absolute atomic E-state index is 13.1. The molecule has 202 valence electrons. The van der Waals surface area contributed by atoms with Gasteiger partial charge in [-0.3, -0.25) is 14.6 Å². The lowest BCUT2D eigenvalue weighted by Crippen LogP contribution is -2.57. The molecule has 10 heteroatoms. The second-order valence-electron chi connectivity index (χ2n) is 10.1. The molecule has 1 aromatic carbocycles. The number of piperidine rings is 1. The zero-order chi connectivity index (χ0) is 26.7. The molecule has 2 aromatic rings. The van der Waals surface area contributed by atoms with Crippen molar-refractivity contribution in [2.45, 2.75) is 71.4 Å². The molecular weight excluding hydrogens is 483 g/mol. The number of alkyl halides is 3. The van der Waals surface area contributed by atoms with Crippen molar-refractivity contribution >= 4 is 5.91 Å². The van der Waals surface area contributed by atoms with Crippen molar-refractivity contribution in [3.8, 4) is 5.75 Å². The van der Waals surface area contributed by atoms with E-state index in [1.165, 1.54) is 18.5 Å². The van der Waals surface area contributed by atoms with Crippen LogP contribution in [0.2, 0.25) is 0 Å². The summed E-state index contributed by atoms with van der Waals surface area (Å²) in [4.78, 5) is 28.4. The summed E-state index contributed by atoms with van der Waals surface area (Å²) in [6.45, 7) is 12.2. The molecule has 2 aliphatic rings. The number of likely N-dealkylation sites (tertiary alicyclic amines) is 1. The molecule has 2 saturated heterocycles. The van der Waals surface area contributed by atoms with Gasteiger partial charge in [0.25, 0.3) is 5.91 Å². The highest BCUT2D eigenvalue weighted by molar-refractivity contribution is 5.96. The van der Waals surface area contributed by atoms with E-state index in [0.29, 0.717) is 17.6 Å². The third-order valence-corrected chi connectivity index (χ3v) is 7.70. The van der Waals surface area contributed by atoms with Crippen LogP contribution < -0.4 is 4.74 Å². The predicted molar refractivity (Wildman–Crippen MR) is 134 cm³/mol. The maximum atomic E-state index is 13.1. The molecule has 2 fully saturated rings. The number of rotatable bonds is 6. The van der Waals surface area contributed by atoms with Crippen LogP contribution in [0.4, 0.5) is 13.2 Å². The molecule has 0 bridgehead atoms. The van der Waals surface area contributed by atoms with Crippen molar-refractivity contribution < 1.29 is 22.7 Å². The average Bonchev–Trinajstić information content (AvgIpc) is 2.85. The molecule has 1 aromatic heterocycles. The summed E-state index contributed by atoms with van der Waals surface area (Å²) in [5.74, 6) is -0.177. The number of halogens is 3.